The van der Waals surface area contributed by atoms with Gasteiger partial charge in [-0.25, -0.2) is 4.79 Å². The minimum absolute atomic E-state index is 0.00863. The second kappa shape index (κ2) is 7.39. The van der Waals surface area contributed by atoms with Gasteiger partial charge in [0.15, 0.2) is 11.5 Å². The van der Waals surface area contributed by atoms with E-state index in [-0.39, 0.29) is 18.2 Å². The summed E-state index contributed by atoms with van der Waals surface area (Å²) >= 11 is 0. The number of nitrogens with one attached hydrogen (secondary N) is 1. The summed E-state index contributed by atoms with van der Waals surface area (Å²) in [4.78, 5) is 14.1. The van der Waals surface area contributed by atoms with Crippen LogP contribution in [0.3, 0.4) is 0 Å². The molecule has 2 aromatic carbocycles. The molecule has 1 atom stereocenters. The van der Waals surface area contributed by atoms with Gasteiger partial charge < -0.3 is 24.4 Å². The van der Waals surface area contributed by atoms with E-state index in [9.17, 15) is 4.79 Å². The first-order chi connectivity index (χ1) is 13.1. The molecule has 4 rings (SSSR count). The molecule has 2 aromatic rings. The summed E-state index contributed by atoms with van der Waals surface area (Å²) in [5.74, 6) is 2.37. The number of urea groups is 1. The van der Waals surface area contributed by atoms with Crippen molar-refractivity contribution < 1.29 is 19.0 Å². The van der Waals surface area contributed by atoms with Gasteiger partial charge in [-0.15, -0.1) is 0 Å². The van der Waals surface area contributed by atoms with E-state index in [1.807, 2.05) is 36.4 Å². The van der Waals surface area contributed by atoms with Crippen LogP contribution in [-0.2, 0) is 13.0 Å². The van der Waals surface area contributed by atoms with Crippen LogP contribution >= 0.6 is 0 Å². The number of para-hydroxylation sites is 2. The molecule has 0 saturated carbocycles. The summed E-state index contributed by atoms with van der Waals surface area (Å²) in [5.41, 5.74) is 2.30. The number of ether oxygens (including phenoxy) is 3. The van der Waals surface area contributed by atoms with Crippen LogP contribution in [0, 0.1) is 0 Å². The smallest absolute Gasteiger partial charge is 0.317 e. The minimum atomic E-state index is -0.0695. The maximum Gasteiger partial charge on any atom is 0.317 e. The van der Waals surface area contributed by atoms with Crippen LogP contribution in [-0.4, -0.2) is 43.3 Å². The maximum atomic E-state index is 12.3. The fraction of sp³-hybridized carbons (Fsp3) is 0.381. The lowest BCUT2D eigenvalue weighted by Gasteiger charge is -2.39. The zero-order chi connectivity index (χ0) is 18.8. The zero-order valence-electron chi connectivity index (χ0n) is 15.6. The molecule has 1 unspecified atom stereocenters. The number of hydrogen-bond donors (Lipinski definition) is 1. The molecule has 0 aliphatic carbocycles. The summed E-state index contributed by atoms with van der Waals surface area (Å²) in [6.07, 6.45) is 1.14. The number of likely N-dealkylation sites (tertiary alicyclic amines) is 1. The predicted octanol–water partition coefficient (Wildman–Crippen LogP) is 2.99. The lowest BCUT2D eigenvalue weighted by atomic mass is 10.1. The normalized spacial score (nSPS) is 18.3. The fourth-order valence-corrected chi connectivity index (χ4v) is 3.45. The molecule has 2 aliphatic heterocycles. The monoisotopic (exact) mass is 368 g/mol. The predicted molar refractivity (Wildman–Crippen MR) is 101 cm³/mol. The molecule has 2 heterocycles. The molecule has 0 spiro atoms. The molecule has 6 nitrogen and oxygen atoms in total. The highest BCUT2D eigenvalue weighted by Gasteiger charge is 2.32. The van der Waals surface area contributed by atoms with Crippen LogP contribution in [0.15, 0.2) is 42.5 Å². The van der Waals surface area contributed by atoms with Crippen LogP contribution in [0.4, 0.5) is 4.79 Å². The molecule has 2 amide bonds. The van der Waals surface area contributed by atoms with Gasteiger partial charge >= 0.3 is 6.03 Å². The average molecular weight is 368 g/mol. The van der Waals surface area contributed by atoms with Crippen LogP contribution in [0.5, 0.6) is 17.2 Å². The maximum absolute atomic E-state index is 12.3. The van der Waals surface area contributed by atoms with Crippen molar-refractivity contribution in [2.24, 2.45) is 0 Å². The lowest BCUT2D eigenvalue weighted by Crippen LogP contribution is -2.58. The van der Waals surface area contributed by atoms with Crippen LogP contribution < -0.4 is 19.5 Å². The Labute approximate surface area is 159 Å². The van der Waals surface area contributed by atoms with Crippen molar-refractivity contribution in [1.29, 1.82) is 0 Å². The quantitative estimate of drug-likeness (QED) is 0.881. The highest BCUT2D eigenvalue weighted by Crippen LogP contribution is 2.30. The summed E-state index contributed by atoms with van der Waals surface area (Å²) in [7, 11) is 1.62. The highest BCUT2D eigenvalue weighted by molar-refractivity contribution is 5.75. The van der Waals surface area contributed by atoms with Crippen molar-refractivity contribution in [2.75, 3.05) is 20.2 Å². The average Bonchev–Trinajstić information content (AvgIpc) is 3.01. The molecule has 2 aliphatic rings. The molecular weight excluding hydrogens is 344 g/mol. The van der Waals surface area contributed by atoms with Crippen molar-refractivity contribution in [3.05, 3.63) is 53.6 Å². The van der Waals surface area contributed by atoms with E-state index in [1.165, 1.54) is 5.56 Å². The van der Waals surface area contributed by atoms with E-state index in [1.54, 1.807) is 12.0 Å². The van der Waals surface area contributed by atoms with Crippen LogP contribution in [0.2, 0.25) is 0 Å². The van der Waals surface area contributed by atoms with Gasteiger partial charge in [-0.2, -0.15) is 0 Å². The Morgan fingerprint density at radius 3 is 2.78 bits per heavy atom. The third-order valence-corrected chi connectivity index (χ3v) is 4.90. The van der Waals surface area contributed by atoms with Crippen LogP contribution in [0.1, 0.15) is 18.1 Å². The van der Waals surface area contributed by atoms with Gasteiger partial charge in [0, 0.05) is 13.0 Å². The number of hydrogen-bond acceptors (Lipinski definition) is 4. The number of amides is 2. The number of fused-ring (bicyclic) bond motifs is 1. The van der Waals surface area contributed by atoms with Crippen LogP contribution in [0.25, 0.3) is 0 Å². The fourth-order valence-electron chi connectivity index (χ4n) is 3.45. The van der Waals surface area contributed by atoms with E-state index >= 15 is 0 Å². The Morgan fingerprint density at radius 1 is 1.22 bits per heavy atom. The number of carbonyl (C=O) groups is 1. The molecule has 0 bridgehead atoms. The number of benzene rings is 2. The Hall–Kier alpha value is -2.89. The van der Waals surface area contributed by atoms with E-state index < -0.39 is 0 Å². The van der Waals surface area contributed by atoms with Gasteiger partial charge in [0.05, 0.1) is 20.2 Å². The zero-order valence-corrected chi connectivity index (χ0v) is 15.6. The minimum Gasteiger partial charge on any atom is -0.493 e. The van der Waals surface area contributed by atoms with E-state index in [4.69, 9.17) is 14.2 Å². The van der Waals surface area contributed by atoms with Crippen molar-refractivity contribution in [3.63, 3.8) is 0 Å². The van der Waals surface area contributed by atoms with Gasteiger partial charge in [-0.1, -0.05) is 24.3 Å². The van der Waals surface area contributed by atoms with Gasteiger partial charge in [-0.05, 0) is 36.2 Å². The second-order valence-electron chi connectivity index (χ2n) is 7.03. The first-order valence-corrected chi connectivity index (χ1v) is 9.23. The Kier molecular flexibility index (Phi) is 4.79. The summed E-state index contributed by atoms with van der Waals surface area (Å²) in [6, 6.07) is 13.6. The van der Waals surface area contributed by atoms with E-state index in [0.717, 1.165) is 17.7 Å². The molecule has 1 saturated heterocycles. The molecule has 0 aromatic heterocycles. The first-order valence-electron chi connectivity index (χ1n) is 9.23. The molecule has 0 radical (unpaired) electrons. The van der Waals surface area contributed by atoms with Crippen molar-refractivity contribution in [2.45, 2.75) is 32.1 Å². The number of methoxy groups -OCH3 is 1. The van der Waals surface area contributed by atoms with E-state index in [0.29, 0.717) is 31.1 Å². The summed E-state index contributed by atoms with van der Waals surface area (Å²) in [6.45, 7) is 3.71. The summed E-state index contributed by atoms with van der Waals surface area (Å²) < 4.78 is 16.9. The standard InChI is InChI=1S/C21H24N2O4/c1-14-9-16-10-15(7-8-18(16)26-14)11-22-21(24)23-12-17(13-23)27-20-6-4-3-5-19(20)25-2/h3-8,10,14,17H,9,11-13H2,1-2H3,(H,22,24). The first kappa shape index (κ1) is 17.5. The van der Waals surface area contributed by atoms with Crippen molar-refractivity contribution in [1.82, 2.24) is 10.2 Å². The molecule has 6 heteroatoms. The third kappa shape index (κ3) is 3.79. The van der Waals surface area contributed by atoms with Gasteiger partial charge in [-0.3, -0.25) is 0 Å². The SMILES string of the molecule is COc1ccccc1OC1CN(C(=O)NCc2ccc3c(c2)CC(C)O3)C1. The Morgan fingerprint density at radius 2 is 2.00 bits per heavy atom. The Bertz CT molecular complexity index is 833. The number of nitrogens with zero attached hydrogens (tertiary/aromatic N) is 1. The van der Waals surface area contributed by atoms with Crippen molar-refractivity contribution >= 4 is 6.03 Å². The number of carbonyl (C=O) groups excluding carboxylic acids is 1. The molecule has 1 N–H and O–H groups in total. The van der Waals surface area contributed by atoms with Gasteiger partial charge in [0.25, 0.3) is 0 Å². The largest absolute Gasteiger partial charge is 0.493 e. The van der Waals surface area contributed by atoms with Gasteiger partial charge in [0.2, 0.25) is 0 Å². The van der Waals surface area contributed by atoms with Gasteiger partial charge in [0.1, 0.15) is 18.0 Å². The molecule has 27 heavy (non-hydrogen) atoms. The third-order valence-electron chi connectivity index (χ3n) is 4.90. The Balaban J connectivity index is 1.25. The number of rotatable bonds is 5. The summed E-state index contributed by atoms with van der Waals surface area (Å²) in [5, 5.41) is 2.98. The van der Waals surface area contributed by atoms with Crippen molar-refractivity contribution in [3.8, 4) is 17.2 Å². The second-order valence-corrected chi connectivity index (χ2v) is 7.03. The molecule has 142 valence electrons. The lowest BCUT2D eigenvalue weighted by molar-refractivity contribution is 0.0426. The van der Waals surface area contributed by atoms with E-state index in [2.05, 4.69) is 18.3 Å². The topological polar surface area (TPSA) is 60.0 Å². The highest BCUT2D eigenvalue weighted by atomic mass is 16.5. The molecule has 1 fully saturated rings. The molecular formula is C21H24N2O4.